The van der Waals surface area contributed by atoms with Gasteiger partial charge in [-0.15, -0.1) is 0 Å². The summed E-state index contributed by atoms with van der Waals surface area (Å²) in [5, 5.41) is 0. The van der Waals surface area contributed by atoms with E-state index in [2.05, 4.69) is 0 Å². The lowest BCUT2D eigenvalue weighted by Crippen LogP contribution is -2.03. The van der Waals surface area contributed by atoms with Gasteiger partial charge in [-0.05, 0) is 30.7 Å². The summed E-state index contributed by atoms with van der Waals surface area (Å²) in [5.41, 5.74) is 0.740. The number of ether oxygens (including phenoxy) is 2. The minimum absolute atomic E-state index is 0.0842. The average Bonchev–Trinajstić information content (AvgIpc) is 2.24. The molecule has 0 N–H and O–H groups in total. The highest BCUT2D eigenvalue weighted by Crippen LogP contribution is 2.23. The van der Waals surface area contributed by atoms with E-state index >= 15 is 0 Å². The smallest absolute Gasteiger partial charge is 0.261 e. The van der Waals surface area contributed by atoms with Crippen LogP contribution in [0.1, 0.15) is 12.0 Å². The largest absolute Gasteiger partial charge is 0.493 e. The lowest BCUT2D eigenvalue weighted by molar-refractivity contribution is 0.172. The number of hydrogen-bond acceptors (Lipinski definition) is 4. The maximum Gasteiger partial charge on any atom is 0.261 e. The van der Waals surface area contributed by atoms with Crippen LogP contribution in [0.5, 0.6) is 5.75 Å². The molecule has 0 atom stereocenters. The van der Waals surface area contributed by atoms with Crippen LogP contribution in [0.3, 0.4) is 0 Å². The highest BCUT2D eigenvalue weighted by Gasteiger charge is 2.11. The Morgan fingerprint density at radius 3 is 2.53 bits per heavy atom. The standard InChI is InChI=1S/C11H15ClO4S/c1-9-8-10(17(12,13)14)4-5-11(9)16-7-3-6-15-2/h4-5,8H,3,6-7H2,1-2H3. The van der Waals surface area contributed by atoms with E-state index in [1.807, 2.05) is 0 Å². The van der Waals surface area contributed by atoms with E-state index in [4.69, 9.17) is 20.2 Å². The van der Waals surface area contributed by atoms with Gasteiger partial charge in [0.05, 0.1) is 11.5 Å². The molecular formula is C11H15ClO4S. The van der Waals surface area contributed by atoms with Crippen molar-refractivity contribution < 1.29 is 17.9 Å². The first-order valence-electron chi connectivity index (χ1n) is 5.12. The van der Waals surface area contributed by atoms with E-state index in [0.29, 0.717) is 19.0 Å². The van der Waals surface area contributed by atoms with Gasteiger partial charge in [-0.3, -0.25) is 0 Å². The Labute approximate surface area is 106 Å². The van der Waals surface area contributed by atoms with Gasteiger partial charge in [0.15, 0.2) is 0 Å². The summed E-state index contributed by atoms with van der Waals surface area (Å²) >= 11 is 0. The third-order valence-electron chi connectivity index (χ3n) is 2.18. The zero-order valence-corrected chi connectivity index (χ0v) is 11.3. The van der Waals surface area contributed by atoms with Gasteiger partial charge >= 0.3 is 0 Å². The maximum absolute atomic E-state index is 11.1. The van der Waals surface area contributed by atoms with E-state index in [1.165, 1.54) is 12.1 Å². The Morgan fingerprint density at radius 1 is 1.29 bits per heavy atom. The van der Waals surface area contributed by atoms with Crippen LogP contribution in [0.25, 0.3) is 0 Å². The Balaban J connectivity index is 2.70. The summed E-state index contributed by atoms with van der Waals surface area (Å²) in [4.78, 5) is 0.0842. The summed E-state index contributed by atoms with van der Waals surface area (Å²) in [5.74, 6) is 0.658. The number of hydrogen-bond donors (Lipinski definition) is 0. The van der Waals surface area contributed by atoms with Gasteiger partial charge < -0.3 is 9.47 Å². The molecule has 0 radical (unpaired) electrons. The van der Waals surface area contributed by atoms with Gasteiger partial charge in [-0.25, -0.2) is 8.42 Å². The lowest BCUT2D eigenvalue weighted by atomic mass is 10.2. The van der Waals surface area contributed by atoms with E-state index in [-0.39, 0.29) is 4.90 Å². The fraction of sp³-hybridized carbons (Fsp3) is 0.455. The van der Waals surface area contributed by atoms with Gasteiger partial charge in [-0.1, -0.05) is 0 Å². The first-order valence-corrected chi connectivity index (χ1v) is 7.43. The van der Waals surface area contributed by atoms with Crippen molar-refractivity contribution in [3.63, 3.8) is 0 Å². The number of aryl methyl sites for hydroxylation is 1. The molecule has 0 spiro atoms. The third-order valence-corrected chi connectivity index (χ3v) is 3.53. The van der Waals surface area contributed by atoms with Crippen molar-refractivity contribution in [1.82, 2.24) is 0 Å². The van der Waals surface area contributed by atoms with Gasteiger partial charge in [-0.2, -0.15) is 0 Å². The van der Waals surface area contributed by atoms with Crippen LogP contribution in [-0.4, -0.2) is 28.7 Å². The van der Waals surface area contributed by atoms with Crippen LogP contribution in [0.15, 0.2) is 23.1 Å². The summed E-state index contributed by atoms with van der Waals surface area (Å²) in [6, 6.07) is 4.53. The Bertz CT molecular complexity index is 470. The topological polar surface area (TPSA) is 52.6 Å². The molecule has 1 rings (SSSR count). The summed E-state index contributed by atoms with van der Waals surface area (Å²) in [6.45, 7) is 2.94. The molecule has 0 aromatic heterocycles. The molecule has 6 heteroatoms. The lowest BCUT2D eigenvalue weighted by Gasteiger charge is -2.09. The zero-order valence-electron chi connectivity index (χ0n) is 9.77. The van der Waals surface area contributed by atoms with E-state index in [1.54, 1.807) is 20.1 Å². The van der Waals surface area contributed by atoms with E-state index in [0.717, 1.165) is 12.0 Å². The highest BCUT2D eigenvalue weighted by molar-refractivity contribution is 8.13. The molecule has 0 heterocycles. The molecule has 0 aliphatic rings. The van der Waals surface area contributed by atoms with E-state index in [9.17, 15) is 8.42 Å². The van der Waals surface area contributed by atoms with Crippen molar-refractivity contribution in [2.45, 2.75) is 18.2 Å². The molecule has 0 aliphatic carbocycles. The second kappa shape index (κ2) is 6.23. The van der Waals surface area contributed by atoms with Gasteiger partial charge in [0, 0.05) is 30.8 Å². The summed E-state index contributed by atoms with van der Waals surface area (Å²) < 4.78 is 32.6. The zero-order chi connectivity index (χ0) is 12.9. The van der Waals surface area contributed by atoms with Crippen LogP contribution in [0.2, 0.25) is 0 Å². The highest BCUT2D eigenvalue weighted by atomic mass is 35.7. The molecule has 0 aliphatic heterocycles. The van der Waals surface area contributed by atoms with Gasteiger partial charge in [0.1, 0.15) is 5.75 Å². The van der Waals surface area contributed by atoms with Gasteiger partial charge in [0.2, 0.25) is 0 Å². The molecule has 0 fully saturated rings. The van der Waals surface area contributed by atoms with Crippen LogP contribution in [0, 0.1) is 6.92 Å². The maximum atomic E-state index is 11.1. The summed E-state index contributed by atoms with van der Waals surface area (Å²) in [7, 11) is 3.20. The minimum Gasteiger partial charge on any atom is -0.493 e. The van der Waals surface area contributed by atoms with Crippen LogP contribution in [0.4, 0.5) is 0 Å². The predicted molar refractivity (Wildman–Crippen MR) is 66.2 cm³/mol. The number of halogens is 1. The number of benzene rings is 1. The molecule has 0 unspecified atom stereocenters. The molecule has 0 saturated heterocycles. The average molecular weight is 279 g/mol. The first kappa shape index (κ1) is 14.3. The van der Waals surface area contributed by atoms with E-state index < -0.39 is 9.05 Å². The molecule has 0 saturated carbocycles. The Hall–Kier alpha value is -0.780. The quantitative estimate of drug-likeness (QED) is 0.592. The monoisotopic (exact) mass is 278 g/mol. The van der Waals surface area contributed by atoms with Crippen molar-refractivity contribution in [1.29, 1.82) is 0 Å². The molecule has 17 heavy (non-hydrogen) atoms. The third kappa shape index (κ3) is 4.53. The molecule has 0 bridgehead atoms. The van der Waals surface area contributed by atoms with Crippen LogP contribution < -0.4 is 4.74 Å². The predicted octanol–water partition coefficient (Wildman–Crippen LogP) is 2.34. The molecule has 96 valence electrons. The minimum atomic E-state index is -3.67. The van der Waals surface area contributed by atoms with Crippen molar-refractivity contribution in [3.05, 3.63) is 23.8 Å². The molecule has 1 aromatic carbocycles. The molecular weight excluding hydrogens is 264 g/mol. The summed E-state index contributed by atoms with van der Waals surface area (Å²) in [6.07, 6.45) is 0.783. The van der Waals surface area contributed by atoms with Crippen molar-refractivity contribution in [2.75, 3.05) is 20.3 Å². The van der Waals surface area contributed by atoms with Crippen LogP contribution in [-0.2, 0) is 13.8 Å². The fourth-order valence-electron chi connectivity index (χ4n) is 1.32. The van der Waals surface area contributed by atoms with Gasteiger partial charge in [0.25, 0.3) is 9.05 Å². The molecule has 1 aromatic rings. The fourth-order valence-corrected chi connectivity index (χ4v) is 2.16. The Morgan fingerprint density at radius 2 is 2.00 bits per heavy atom. The normalized spacial score (nSPS) is 11.5. The molecule has 4 nitrogen and oxygen atoms in total. The van der Waals surface area contributed by atoms with Crippen molar-refractivity contribution >= 4 is 19.7 Å². The number of rotatable bonds is 6. The number of methoxy groups -OCH3 is 1. The Kier molecular flexibility index (Phi) is 5.24. The molecule has 0 amide bonds. The second-order valence-electron chi connectivity index (χ2n) is 3.56. The SMILES string of the molecule is COCCCOc1ccc(S(=O)(=O)Cl)cc1C. The van der Waals surface area contributed by atoms with Crippen molar-refractivity contribution in [2.24, 2.45) is 0 Å². The van der Waals surface area contributed by atoms with Crippen LogP contribution >= 0.6 is 10.7 Å². The second-order valence-corrected chi connectivity index (χ2v) is 6.13. The van der Waals surface area contributed by atoms with Crippen molar-refractivity contribution in [3.8, 4) is 5.75 Å². The first-order chi connectivity index (χ1) is 7.95.